The quantitative estimate of drug-likeness (QED) is 0.651. The van der Waals surface area contributed by atoms with E-state index in [-0.39, 0.29) is 38.4 Å². The first kappa shape index (κ1) is 22.8. The highest BCUT2D eigenvalue weighted by molar-refractivity contribution is 6.13. The van der Waals surface area contributed by atoms with Gasteiger partial charge in [-0.1, -0.05) is 24.3 Å². The molecule has 2 atom stereocenters. The topological polar surface area (TPSA) is 101 Å². The van der Waals surface area contributed by atoms with Crippen molar-refractivity contribution >= 4 is 17.5 Å². The van der Waals surface area contributed by atoms with Crippen molar-refractivity contribution in [3.8, 4) is 5.75 Å². The van der Waals surface area contributed by atoms with Crippen molar-refractivity contribution in [1.29, 1.82) is 0 Å². The molecule has 0 aliphatic carbocycles. The van der Waals surface area contributed by atoms with E-state index in [1.54, 1.807) is 36.5 Å². The van der Waals surface area contributed by atoms with Gasteiger partial charge in [0.1, 0.15) is 30.4 Å². The summed E-state index contributed by atoms with van der Waals surface area (Å²) in [4.78, 5) is 32.2. The van der Waals surface area contributed by atoms with Gasteiger partial charge in [0, 0.05) is 37.8 Å². The number of pyridine rings is 1. The molecule has 0 spiro atoms. The average molecular weight is 457 g/mol. The highest BCUT2D eigenvalue weighted by Crippen LogP contribution is 2.38. The summed E-state index contributed by atoms with van der Waals surface area (Å²) in [7, 11) is 0. The van der Waals surface area contributed by atoms with E-state index in [0.717, 1.165) is 5.01 Å². The lowest BCUT2D eigenvalue weighted by Crippen LogP contribution is -2.59. The number of piperidine rings is 1. The van der Waals surface area contributed by atoms with Crippen molar-refractivity contribution in [2.24, 2.45) is 16.3 Å². The second kappa shape index (κ2) is 9.62. The molecule has 0 bridgehead atoms. The molecule has 8 nitrogen and oxygen atoms in total. The fraction of sp³-hybridized carbons (Fsp3) is 0.391. The standard InChI is InChI=1S/C23H25F2N5O3/c24-20(25)13-30-22(32)23(12-16-6-4-5-10-27-16)15-29(11-9-19(23)28-30)21(31)18(26)14-33-17-7-2-1-3-8-17/h1-8,10,18,20H,9,11-15,26H2. The number of hydrogen-bond donors (Lipinski definition) is 1. The summed E-state index contributed by atoms with van der Waals surface area (Å²) in [6.45, 7) is -0.529. The van der Waals surface area contributed by atoms with E-state index in [2.05, 4.69) is 10.1 Å². The number of halogens is 2. The number of alkyl halides is 2. The molecule has 1 saturated heterocycles. The number of ether oxygens (including phenoxy) is 1. The van der Waals surface area contributed by atoms with Gasteiger partial charge in [0.05, 0.1) is 5.71 Å². The number of carbonyl (C=O) groups is 2. The number of hydrazone groups is 1. The molecule has 2 aromatic rings. The highest BCUT2D eigenvalue weighted by Gasteiger charge is 2.55. The Balaban J connectivity index is 1.52. The summed E-state index contributed by atoms with van der Waals surface area (Å²) in [5.74, 6) is -0.324. The van der Waals surface area contributed by atoms with E-state index < -0.39 is 30.3 Å². The largest absolute Gasteiger partial charge is 0.491 e. The van der Waals surface area contributed by atoms with Crippen LogP contribution in [-0.4, -0.2) is 71.1 Å². The van der Waals surface area contributed by atoms with E-state index in [1.165, 1.54) is 4.90 Å². The maximum Gasteiger partial charge on any atom is 0.258 e. The molecule has 33 heavy (non-hydrogen) atoms. The van der Waals surface area contributed by atoms with Crippen LogP contribution in [0.5, 0.6) is 5.75 Å². The first-order valence-corrected chi connectivity index (χ1v) is 10.7. The molecule has 2 N–H and O–H groups in total. The highest BCUT2D eigenvalue weighted by atomic mass is 19.3. The van der Waals surface area contributed by atoms with Crippen molar-refractivity contribution in [1.82, 2.24) is 14.9 Å². The summed E-state index contributed by atoms with van der Waals surface area (Å²) < 4.78 is 31.7. The van der Waals surface area contributed by atoms with Crippen LogP contribution in [0.4, 0.5) is 8.78 Å². The molecule has 10 heteroatoms. The molecule has 1 aromatic heterocycles. The average Bonchev–Trinajstić information content (AvgIpc) is 3.08. The second-order valence-corrected chi connectivity index (χ2v) is 8.15. The molecule has 1 aromatic carbocycles. The lowest BCUT2D eigenvalue weighted by Gasteiger charge is -2.40. The van der Waals surface area contributed by atoms with Crippen molar-refractivity contribution in [3.05, 3.63) is 60.4 Å². The second-order valence-electron chi connectivity index (χ2n) is 8.15. The number of carbonyl (C=O) groups excluding carboxylic acids is 2. The zero-order valence-corrected chi connectivity index (χ0v) is 17.9. The summed E-state index contributed by atoms with van der Waals surface area (Å²) in [6, 6.07) is 13.3. The molecular formula is C23H25F2N5O3. The van der Waals surface area contributed by atoms with Gasteiger partial charge in [-0.05, 0) is 24.3 Å². The van der Waals surface area contributed by atoms with Crippen LogP contribution >= 0.6 is 0 Å². The van der Waals surface area contributed by atoms with Gasteiger partial charge in [0.25, 0.3) is 12.3 Å². The van der Waals surface area contributed by atoms with Crippen molar-refractivity contribution in [2.75, 3.05) is 26.2 Å². The predicted molar refractivity (Wildman–Crippen MR) is 117 cm³/mol. The molecule has 2 aliphatic rings. The fourth-order valence-electron chi connectivity index (χ4n) is 4.25. The minimum absolute atomic E-state index is 0.00114. The van der Waals surface area contributed by atoms with Crippen molar-refractivity contribution < 1.29 is 23.1 Å². The number of nitrogens with zero attached hydrogens (tertiary/aromatic N) is 4. The molecule has 1 fully saturated rings. The van der Waals surface area contributed by atoms with E-state index in [9.17, 15) is 18.4 Å². The SMILES string of the molecule is NC(COc1ccccc1)C(=O)N1CCC2=NN(CC(F)F)C(=O)C2(Cc2ccccn2)C1. The Morgan fingerprint density at radius 1 is 1.18 bits per heavy atom. The van der Waals surface area contributed by atoms with E-state index >= 15 is 0 Å². The number of hydrogen-bond acceptors (Lipinski definition) is 6. The van der Waals surface area contributed by atoms with Crippen LogP contribution in [0.15, 0.2) is 59.8 Å². The summed E-state index contributed by atoms with van der Waals surface area (Å²) in [6.07, 6.45) is -0.672. The Kier molecular flexibility index (Phi) is 6.64. The van der Waals surface area contributed by atoms with Gasteiger partial charge in [-0.15, -0.1) is 0 Å². The van der Waals surface area contributed by atoms with Gasteiger partial charge in [-0.3, -0.25) is 14.6 Å². The van der Waals surface area contributed by atoms with Crippen molar-refractivity contribution in [2.45, 2.75) is 25.3 Å². The van der Waals surface area contributed by atoms with Gasteiger partial charge in [0.15, 0.2) is 0 Å². The Morgan fingerprint density at radius 2 is 1.94 bits per heavy atom. The predicted octanol–water partition coefficient (Wildman–Crippen LogP) is 1.71. The molecule has 4 rings (SSSR count). The number of nitrogens with two attached hydrogens (primary N) is 1. The van der Waals surface area contributed by atoms with Crippen LogP contribution in [0, 0.1) is 5.41 Å². The molecular weight excluding hydrogens is 432 g/mol. The van der Waals surface area contributed by atoms with Crippen LogP contribution in [0.25, 0.3) is 0 Å². The van der Waals surface area contributed by atoms with Crippen LogP contribution in [0.2, 0.25) is 0 Å². The van der Waals surface area contributed by atoms with Gasteiger partial charge < -0.3 is 15.4 Å². The molecule has 3 heterocycles. The van der Waals surface area contributed by atoms with Gasteiger partial charge >= 0.3 is 0 Å². The normalized spacial score (nSPS) is 21.1. The minimum atomic E-state index is -2.72. The van der Waals surface area contributed by atoms with E-state index in [1.807, 2.05) is 18.2 Å². The van der Waals surface area contributed by atoms with Crippen molar-refractivity contribution in [3.63, 3.8) is 0 Å². The third-order valence-electron chi connectivity index (χ3n) is 5.84. The summed E-state index contributed by atoms with van der Waals surface area (Å²) >= 11 is 0. The fourth-order valence-corrected chi connectivity index (χ4v) is 4.25. The zero-order valence-electron chi connectivity index (χ0n) is 17.9. The minimum Gasteiger partial charge on any atom is -0.491 e. The Hall–Kier alpha value is -3.40. The van der Waals surface area contributed by atoms with Gasteiger partial charge in [-0.2, -0.15) is 5.10 Å². The number of amides is 2. The maximum absolute atomic E-state index is 13.3. The van der Waals surface area contributed by atoms with Crippen LogP contribution in [0.3, 0.4) is 0 Å². The van der Waals surface area contributed by atoms with Gasteiger partial charge in [-0.25, -0.2) is 13.8 Å². The first-order valence-electron chi connectivity index (χ1n) is 10.7. The smallest absolute Gasteiger partial charge is 0.258 e. The number of benzene rings is 1. The monoisotopic (exact) mass is 457 g/mol. The first-order chi connectivity index (χ1) is 15.9. The lowest BCUT2D eigenvalue weighted by molar-refractivity contribution is -0.142. The number of rotatable bonds is 8. The summed E-state index contributed by atoms with van der Waals surface area (Å²) in [5, 5.41) is 5.04. The third kappa shape index (κ3) is 4.85. The zero-order chi connectivity index (χ0) is 23.4. The summed E-state index contributed by atoms with van der Waals surface area (Å²) in [5.41, 5.74) is 5.98. The molecule has 2 amide bonds. The molecule has 2 aliphatic heterocycles. The lowest BCUT2D eigenvalue weighted by atomic mass is 9.74. The number of aromatic nitrogens is 1. The Labute approximate surface area is 190 Å². The number of likely N-dealkylation sites (tertiary alicyclic amines) is 1. The van der Waals surface area contributed by atoms with E-state index in [0.29, 0.717) is 17.2 Å². The van der Waals surface area contributed by atoms with Crippen LogP contribution in [0.1, 0.15) is 12.1 Å². The van der Waals surface area contributed by atoms with Gasteiger partial charge in [0.2, 0.25) is 5.91 Å². The van der Waals surface area contributed by atoms with Crippen LogP contribution < -0.4 is 10.5 Å². The molecule has 0 radical (unpaired) electrons. The van der Waals surface area contributed by atoms with E-state index in [4.69, 9.17) is 10.5 Å². The molecule has 0 saturated carbocycles. The molecule has 174 valence electrons. The Morgan fingerprint density at radius 3 is 2.64 bits per heavy atom. The number of para-hydroxylation sites is 1. The Bertz CT molecular complexity index is 1020. The third-order valence-corrected chi connectivity index (χ3v) is 5.84. The number of fused-ring (bicyclic) bond motifs is 1. The maximum atomic E-state index is 13.3. The van der Waals surface area contributed by atoms with Crippen LogP contribution in [-0.2, 0) is 16.0 Å². The molecule has 2 unspecified atom stereocenters.